The van der Waals surface area contributed by atoms with Gasteiger partial charge in [0.1, 0.15) is 12.9 Å². The van der Waals surface area contributed by atoms with E-state index in [9.17, 15) is 23.6 Å². The van der Waals surface area contributed by atoms with Gasteiger partial charge in [-0.1, -0.05) is 67.1 Å². The summed E-state index contributed by atoms with van der Waals surface area (Å²) in [5.74, 6) is -3.40. The fourth-order valence-electron chi connectivity index (χ4n) is 4.69. The quantitative estimate of drug-likeness (QED) is 0.551. The molecule has 0 unspecified atom stereocenters. The molecule has 31 heavy (non-hydrogen) atoms. The second-order valence-electron chi connectivity index (χ2n) is 8.21. The second-order valence-corrected chi connectivity index (χ2v) is 11.1. The maximum atomic E-state index is 14.4. The maximum Gasteiger partial charge on any atom is 0.162 e. The standard InChI is InChI=1S/C25H25F2O3P/c26-22-14-21(24(28)15-23(22)27)20-13-7-8-17(25(20)29)16-31(30,18-9-3-1-4-10-18)19-11-5-2-6-12-19/h1-6,9-12,14-15,17,20,25,28-29H,7-8,13,16H2/t17-,20+,25-/m1/s1. The number of benzene rings is 3. The van der Waals surface area contributed by atoms with Crippen molar-refractivity contribution in [2.45, 2.75) is 31.3 Å². The van der Waals surface area contributed by atoms with Crippen LogP contribution in [-0.4, -0.2) is 22.5 Å². The van der Waals surface area contributed by atoms with Crippen molar-refractivity contribution in [1.29, 1.82) is 0 Å². The first-order valence-electron chi connectivity index (χ1n) is 10.5. The predicted octanol–water partition coefficient (Wildman–Crippen LogP) is 4.93. The van der Waals surface area contributed by atoms with Crippen molar-refractivity contribution < 1.29 is 23.6 Å². The van der Waals surface area contributed by atoms with Crippen LogP contribution in [-0.2, 0) is 4.57 Å². The summed E-state index contributed by atoms with van der Waals surface area (Å²) in [6.45, 7) is 0. The first-order valence-corrected chi connectivity index (χ1v) is 12.4. The Hall–Kier alpha value is -2.49. The van der Waals surface area contributed by atoms with Crippen LogP contribution in [0.15, 0.2) is 72.8 Å². The number of rotatable bonds is 5. The smallest absolute Gasteiger partial charge is 0.162 e. The number of hydrogen-bond acceptors (Lipinski definition) is 3. The summed E-state index contributed by atoms with van der Waals surface area (Å²) in [5.41, 5.74) is 0.199. The van der Waals surface area contributed by atoms with Gasteiger partial charge in [-0.05, 0) is 24.8 Å². The molecule has 0 aromatic heterocycles. The molecule has 1 fully saturated rings. The van der Waals surface area contributed by atoms with Gasteiger partial charge in [-0.25, -0.2) is 8.78 Å². The fourth-order valence-corrected chi connectivity index (χ4v) is 7.77. The molecule has 0 bridgehead atoms. The number of aromatic hydroxyl groups is 1. The molecular weight excluding hydrogens is 417 g/mol. The molecule has 3 atom stereocenters. The van der Waals surface area contributed by atoms with E-state index in [0.717, 1.165) is 29.2 Å². The van der Waals surface area contributed by atoms with Gasteiger partial charge >= 0.3 is 0 Å². The van der Waals surface area contributed by atoms with Crippen LogP contribution in [0.1, 0.15) is 30.7 Å². The number of aliphatic hydroxyl groups excluding tert-OH is 1. The van der Waals surface area contributed by atoms with Gasteiger partial charge in [0.15, 0.2) is 11.6 Å². The van der Waals surface area contributed by atoms with Crippen LogP contribution < -0.4 is 10.6 Å². The van der Waals surface area contributed by atoms with E-state index in [4.69, 9.17) is 0 Å². The molecule has 3 nitrogen and oxygen atoms in total. The zero-order valence-electron chi connectivity index (χ0n) is 17.0. The third-order valence-electron chi connectivity index (χ3n) is 6.29. The summed E-state index contributed by atoms with van der Waals surface area (Å²) in [7, 11) is -3.03. The van der Waals surface area contributed by atoms with Crippen LogP contribution >= 0.6 is 7.14 Å². The summed E-state index contributed by atoms with van der Waals surface area (Å²) in [6.07, 6.45) is 1.28. The number of aliphatic hydroxyl groups is 1. The van der Waals surface area contributed by atoms with Crippen molar-refractivity contribution in [3.05, 3.63) is 90.0 Å². The summed E-state index contributed by atoms with van der Waals surface area (Å²) in [6, 6.07) is 20.3. The summed E-state index contributed by atoms with van der Waals surface area (Å²) >= 11 is 0. The molecule has 0 amide bonds. The number of phenolic OH excluding ortho intramolecular Hbond substituents is 1. The molecule has 2 N–H and O–H groups in total. The first kappa shape index (κ1) is 21.7. The summed E-state index contributed by atoms with van der Waals surface area (Å²) in [5, 5.41) is 22.8. The third-order valence-corrected chi connectivity index (χ3v) is 9.54. The SMILES string of the molecule is O=P(C[C@H]1CCC[C@@H](c2cc(F)c(F)cc2O)[C@@H]1O)(c1ccccc1)c1ccccc1. The highest BCUT2D eigenvalue weighted by atomic mass is 31.2. The predicted molar refractivity (Wildman–Crippen MR) is 119 cm³/mol. The topological polar surface area (TPSA) is 57.5 Å². The molecular formula is C25H25F2O3P. The average molecular weight is 442 g/mol. The van der Waals surface area contributed by atoms with Crippen molar-refractivity contribution in [1.82, 2.24) is 0 Å². The van der Waals surface area contributed by atoms with Gasteiger partial charge in [-0.15, -0.1) is 0 Å². The van der Waals surface area contributed by atoms with Gasteiger partial charge in [-0.3, -0.25) is 0 Å². The largest absolute Gasteiger partial charge is 0.508 e. The Morgan fingerprint density at radius 1 is 0.871 bits per heavy atom. The minimum Gasteiger partial charge on any atom is -0.508 e. The zero-order chi connectivity index (χ0) is 22.0. The van der Waals surface area contributed by atoms with Crippen LogP contribution in [0.5, 0.6) is 5.75 Å². The Balaban J connectivity index is 1.68. The Bertz CT molecular complexity index is 1050. The lowest BCUT2D eigenvalue weighted by atomic mass is 9.76. The van der Waals surface area contributed by atoms with E-state index >= 15 is 0 Å². The van der Waals surface area contributed by atoms with Crippen molar-refractivity contribution in [2.75, 3.05) is 6.16 Å². The minimum absolute atomic E-state index is 0.199. The number of hydrogen-bond donors (Lipinski definition) is 2. The lowest BCUT2D eigenvalue weighted by molar-refractivity contribution is 0.0580. The molecule has 1 aliphatic rings. The lowest BCUT2D eigenvalue weighted by Gasteiger charge is -2.37. The van der Waals surface area contributed by atoms with Crippen LogP contribution in [0.3, 0.4) is 0 Å². The molecule has 3 aromatic rings. The van der Waals surface area contributed by atoms with Crippen LogP contribution in [0.4, 0.5) is 8.78 Å². The number of halogens is 2. The first-order chi connectivity index (χ1) is 14.9. The van der Waals surface area contributed by atoms with E-state index in [0.29, 0.717) is 12.8 Å². The van der Waals surface area contributed by atoms with Crippen molar-refractivity contribution in [3.8, 4) is 5.75 Å². The van der Waals surface area contributed by atoms with Gasteiger partial charge in [0, 0.05) is 34.3 Å². The van der Waals surface area contributed by atoms with Crippen molar-refractivity contribution in [2.24, 2.45) is 5.92 Å². The van der Waals surface area contributed by atoms with Crippen molar-refractivity contribution >= 4 is 17.8 Å². The highest BCUT2D eigenvalue weighted by Gasteiger charge is 2.39. The van der Waals surface area contributed by atoms with Gasteiger partial charge in [0.05, 0.1) is 6.10 Å². The molecule has 4 rings (SSSR count). The van der Waals surface area contributed by atoms with E-state index in [1.807, 2.05) is 60.7 Å². The van der Waals surface area contributed by atoms with Gasteiger partial charge in [0.2, 0.25) is 0 Å². The Kier molecular flexibility index (Phi) is 6.27. The van der Waals surface area contributed by atoms with E-state index < -0.39 is 30.8 Å². The second kappa shape index (κ2) is 8.94. The van der Waals surface area contributed by atoms with Crippen LogP contribution in [0, 0.1) is 17.6 Å². The molecule has 6 heteroatoms. The molecule has 0 saturated heterocycles. The molecule has 162 valence electrons. The monoisotopic (exact) mass is 442 g/mol. The molecule has 0 heterocycles. The third kappa shape index (κ3) is 4.30. The summed E-state index contributed by atoms with van der Waals surface area (Å²) in [4.78, 5) is 0. The van der Waals surface area contributed by atoms with Crippen LogP contribution in [0.25, 0.3) is 0 Å². The van der Waals surface area contributed by atoms with Gasteiger partial charge in [-0.2, -0.15) is 0 Å². The van der Waals surface area contributed by atoms with Crippen molar-refractivity contribution in [3.63, 3.8) is 0 Å². The number of phenols is 1. The lowest BCUT2D eigenvalue weighted by Crippen LogP contribution is -2.36. The van der Waals surface area contributed by atoms with E-state index in [-0.39, 0.29) is 23.4 Å². The minimum atomic E-state index is -3.03. The molecule has 1 aliphatic carbocycles. The van der Waals surface area contributed by atoms with E-state index in [1.165, 1.54) is 0 Å². The molecule has 1 saturated carbocycles. The van der Waals surface area contributed by atoms with Gasteiger partial charge < -0.3 is 14.8 Å². The normalized spacial score (nSPS) is 21.7. The maximum absolute atomic E-state index is 14.4. The summed E-state index contributed by atoms with van der Waals surface area (Å²) < 4.78 is 41.7. The molecule has 0 aliphatic heterocycles. The average Bonchev–Trinajstić information content (AvgIpc) is 2.79. The van der Waals surface area contributed by atoms with E-state index in [2.05, 4.69) is 0 Å². The molecule has 3 aromatic carbocycles. The molecule has 0 spiro atoms. The Labute approximate surface area is 180 Å². The van der Waals surface area contributed by atoms with Crippen LogP contribution in [0.2, 0.25) is 0 Å². The Morgan fingerprint density at radius 3 is 2.00 bits per heavy atom. The molecule has 0 radical (unpaired) electrons. The Morgan fingerprint density at radius 2 is 1.42 bits per heavy atom. The fraction of sp³-hybridized carbons (Fsp3) is 0.280. The highest BCUT2D eigenvalue weighted by Crippen LogP contribution is 2.50. The highest BCUT2D eigenvalue weighted by molar-refractivity contribution is 7.78. The van der Waals surface area contributed by atoms with Gasteiger partial charge in [0.25, 0.3) is 0 Å². The zero-order valence-corrected chi connectivity index (χ0v) is 17.9. The van der Waals surface area contributed by atoms with E-state index in [1.54, 1.807) is 0 Å².